The van der Waals surface area contributed by atoms with Crippen molar-refractivity contribution in [1.82, 2.24) is 9.88 Å². The van der Waals surface area contributed by atoms with Crippen LogP contribution >= 0.6 is 36.2 Å². The number of hydrogen-bond acceptors (Lipinski definition) is 5. The van der Waals surface area contributed by atoms with Gasteiger partial charge in [-0.3, -0.25) is 4.90 Å². The number of thiazole rings is 1. The normalized spacial score (nSPS) is 21.4. The maximum Gasteiger partial charge on any atom is 0.186 e. The Morgan fingerprint density at radius 1 is 1.12 bits per heavy atom. The molecule has 0 aliphatic carbocycles. The second-order valence-corrected chi connectivity index (χ2v) is 7.32. The molecule has 2 fully saturated rings. The van der Waals surface area contributed by atoms with Gasteiger partial charge in [0.15, 0.2) is 5.13 Å². The lowest BCUT2D eigenvalue weighted by Crippen LogP contribution is -2.40. The Labute approximate surface area is 160 Å². The van der Waals surface area contributed by atoms with Crippen molar-refractivity contribution < 1.29 is 4.74 Å². The Morgan fingerprint density at radius 3 is 2.67 bits per heavy atom. The van der Waals surface area contributed by atoms with E-state index in [0.717, 1.165) is 30.4 Å². The number of nitrogens with zero attached hydrogens (tertiary/aromatic N) is 3. The molecule has 1 atom stereocenters. The van der Waals surface area contributed by atoms with Gasteiger partial charge in [0.2, 0.25) is 0 Å². The second-order valence-electron chi connectivity index (χ2n) is 6.32. The molecule has 0 spiro atoms. The number of fused-ring (bicyclic) bond motifs is 1. The zero-order chi connectivity index (χ0) is 14.9. The molecule has 2 aliphatic rings. The molecule has 3 heterocycles. The maximum atomic E-state index is 5.31. The molecule has 4 rings (SSSR count). The van der Waals surface area contributed by atoms with Gasteiger partial charge in [0.1, 0.15) is 5.75 Å². The van der Waals surface area contributed by atoms with Crippen LogP contribution in [-0.4, -0.2) is 49.2 Å². The van der Waals surface area contributed by atoms with Gasteiger partial charge in [0.05, 0.1) is 17.3 Å². The average molecular weight is 390 g/mol. The first-order valence-electron chi connectivity index (χ1n) is 8.27. The lowest BCUT2D eigenvalue weighted by Gasteiger charge is -2.32. The van der Waals surface area contributed by atoms with Crippen molar-refractivity contribution in [3.05, 3.63) is 18.2 Å². The summed E-state index contributed by atoms with van der Waals surface area (Å²) in [5, 5.41) is 1.17. The minimum atomic E-state index is 0. The molecule has 2 aromatic rings. The van der Waals surface area contributed by atoms with Crippen LogP contribution < -0.4 is 9.64 Å². The lowest BCUT2D eigenvalue weighted by atomic mass is 10.1. The third-order valence-corrected chi connectivity index (χ3v) is 6.00. The van der Waals surface area contributed by atoms with Gasteiger partial charge in [-0.15, -0.1) is 24.8 Å². The summed E-state index contributed by atoms with van der Waals surface area (Å²) in [5.41, 5.74) is 1.09. The third-order valence-electron chi connectivity index (χ3n) is 4.93. The topological polar surface area (TPSA) is 28.6 Å². The maximum absolute atomic E-state index is 5.31. The van der Waals surface area contributed by atoms with Crippen molar-refractivity contribution in [1.29, 1.82) is 0 Å². The van der Waals surface area contributed by atoms with Crippen molar-refractivity contribution in [2.24, 2.45) is 0 Å². The molecule has 1 aromatic heterocycles. The van der Waals surface area contributed by atoms with E-state index in [0.29, 0.717) is 0 Å². The molecule has 2 saturated heterocycles. The predicted molar refractivity (Wildman–Crippen MR) is 107 cm³/mol. The highest BCUT2D eigenvalue weighted by Crippen LogP contribution is 2.33. The van der Waals surface area contributed by atoms with Crippen LogP contribution in [0.25, 0.3) is 10.2 Å². The van der Waals surface area contributed by atoms with Gasteiger partial charge in [-0.25, -0.2) is 4.98 Å². The summed E-state index contributed by atoms with van der Waals surface area (Å²) in [5.74, 6) is 0.912. The number of halogens is 2. The quantitative estimate of drug-likeness (QED) is 0.785. The molecule has 4 nitrogen and oxygen atoms in total. The van der Waals surface area contributed by atoms with E-state index in [1.807, 2.05) is 6.07 Å². The van der Waals surface area contributed by atoms with Crippen LogP contribution in [0.1, 0.15) is 25.7 Å². The molecule has 0 unspecified atom stereocenters. The number of rotatable bonds is 3. The highest BCUT2D eigenvalue weighted by molar-refractivity contribution is 7.22. The van der Waals surface area contributed by atoms with Crippen LogP contribution in [0.5, 0.6) is 5.75 Å². The van der Waals surface area contributed by atoms with Crippen LogP contribution in [-0.2, 0) is 0 Å². The average Bonchev–Trinajstić information content (AvgIpc) is 3.21. The molecule has 7 heteroatoms. The molecule has 134 valence electrons. The van der Waals surface area contributed by atoms with E-state index < -0.39 is 0 Å². The highest BCUT2D eigenvalue weighted by atomic mass is 35.5. The second kappa shape index (κ2) is 8.56. The predicted octanol–water partition coefficient (Wildman–Crippen LogP) is 4.21. The van der Waals surface area contributed by atoms with Crippen LogP contribution in [0.15, 0.2) is 18.2 Å². The number of anilines is 1. The summed E-state index contributed by atoms with van der Waals surface area (Å²) in [6.07, 6.45) is 5.43. The monoisotopic (exact) mass is 389 g/mol. The summed E-state index contributed by atoms with van der Waals surface area (Å²) in [6, 6.07) is 6.87. The molecule has 0 amide bonds. The Bertz CT molecular complexity index is 660. The summed E-state index contributed by atoms with van der Waals surface area (Å²) in [4.78, 5) is 9.98. The van der Waals surface area contributed by atoms with Crippen molar-refractivity contribution >= 4 is 51.5 Å². The fraction of sp³-hybridized carbons (Fsp3) is 0.588. The SMILES string of the molecule is COc1ccc2nc(N3CC[C@@H](N4CCCCC4)C3)sc2c1.Cl.Cl. The van der Waals surface area contributed by atoms with Crippen molar-refractivity contribution in [2.45, 2.75) is 31.7 Å². The van der Waals surface area contributed by atoms with E-state index in [1.165, 1.54) is 48.6 Å². The molecular weight excluding hydrogens is 365 g/mol. The number of piperidine rings is 1. The molecule has 24 heavy (non-hydrogen) atoms. The number of aromatic nitrogens is 1. The standard InChI is InChI=1S/C17H23N3OS.2ClH/c1-21-14-5-6-15-16(11-14)22-17(18-15)20-10-7-13(12-20)19-8-3-2-4-9-19;;/h5-6,11,13H,2-4,7-10,12H2,1H3;2*1H/t13-;;/m1../s1. The number of hydrogen-bond donors (Lipinski definition) is 0. The number of benzene rings is 1. The van der Waals surface area contributed by atoms with Gasteiger partial charge in [0, 0.05) is 19.1 Å². The summed E-state index contributed by atoms with van der Waals surface area (Å²) >= 11 is 1.79. The summed E-state index contributed by atoms with van der Waals surface area (Å²) in [6.45, 7) is 4.85. The zero-order valence-corrected chi connectivity index (χ0v) is 16.4. The molecule has 0 radical (unpaired) electrons. The fourth-order valence-corrected chi connectivity index (χ4v) is 4.68. The Kier molecular flexibility index (Phi) is 6.99. The minimum absolute atomic E-state index is 0. The highest BCUT2D eigenvalue weighted by Gasteiger charge is 2.29. The first-order chi connectivity index (χ1) is 10.8. The van der Waals surface area contributed by atoms with E-state index in [2.05, 4.69) is 21.9 Å². The van der Waals surface area contributed by atoms with Crippen molar-refractivity contribution in [3.8, 4) is 5.75 Å². The van der Waals surface area contributed by atoms with Gasteiger partial charge in [0.25, 0.3) is 0 Å². The molecule has 1 aromatic carbocycles. The van der Waals surface area contributed by atoms with Crippen LogP contribution in [0.4, 0.5) is 5.13 Å². The van der Waals surface area contributed by atoms with Crippen LogP contribution in [0.3, 0.4) is 0 Å². The first kappa shape index (κ1) is 19.6. The Balaban J connectivity index is 0.00000104. The first-order valence-corrected chi connectivity index (χ1v) is 9.09. The minimum Gasteiger partial charge on any atom is -0.497 e. The lowest BCUT2D eigenvalue weighted by molar-refractivity contribution is 0.175. The number of methoxy groups -OCH3 is 1. The van der Waals surface area contributed by atoms with E-state index >= 15 is 0 Å². The van der Waals surface area contributed by atoms with Crippen molar-refractivity contribution in [3.63, 3.8) is 0 Å². The van der Waals surface area contributed by atoms with Gasteiger partial charge >= 0.3 is 0 Å². The Morgan fingerprint density at radius 2 is 1.92 bits per heavy atom. The zero-order valence-electron chi connectivity index (χ0n) is 13.9. The molecule has 0 saturated carbocycles. The van der Waals surface area contributed by atoms with Gasteiger partial charge in [-0.05, 0) is 50.6 Å². The van der Waals surface area contributed by atoms with Gasteiger partial charge < -0.3 is 9.64 Å². The smallest absolute Gasteiger partial charge is 0.186 e. The fourth-order valence-electron chi connectivity index (χ4n) is 3.65. The molecule has 0 N–H and O–H groups in total. The number of ether oxygens (including phenoxy) is 1. The van der Waals surface area contributed by atoms with Crippen LogP contribution in [0, 0.1) is 0 Å². The summed E-state index contributed by atoms with van der Waals surface area (Å²) in [7, 11) is 1.72. The van der Waals surface area contributed by atoms with E-state index in [-0.39, 0.29) is 24.8 Å². The van der Waals surface area contributed by atoms with E-state index in [4.69, 9.17) is 9.72 Å². The largest absolute Gasteiger partial charge is 0.497 e. The van der Waals surface area contributed by atoms with Crippen molar-refractivity contribution in [2.75, 3.05) is 38.2 Å². The molecule has 0 bridgehead atoms. The molecule has 2 aliphatic heterocycles. The summed E-state index contributed by atoms with van der Waals surface area (Å²) < 4.78 is 6.53. The van der Waals surface area contributed by atoms with E-state index in [9.17, 15) is 0 Å². The van der Waals surface area contributed by atoms with E-state index in [1.54, 1.807) is 18.4 Å². The Hall–Kier alpha value is -0.750. The van der Waals surface area contributed by atoms with Crippen LogP contribution in [0.2, 0.25) is 0 Å². The number of likely N-dealkylation sites (tertiary alicyclic amines) is 1. The molecular formula is C17H25Cl2N3OS. The van der Waals surface area contributed by atoms with Gasteiger partial charge in [-0.1, -0.05) is 17.8 Å². The van der Waals surface area contributed by atoms with Gasteiger partial charge in [-0.2, -0.15) is 0 Å². The third kappa shape index (κ3) is 3.90.